The number of rotatable bonds is 3. The van der Waals surface area contributed by atoms with E-state index in [2.05, 4.69) is 16.0 Å². The van der Waals surface area contributed by atoms with E-state index in [0.717, 1.165) is 6.07 Å². The van der Waals surface area contributed by atoms with E-state index < -0.39 is 11.7 Å². The van der Waals surface area contributed by atoms with Crippen molar-refractivity contribution in [2.45, 2.75) is 0 Å². The minimum absolute atomic E-state index is 0.0251. The summed E-state index contributed by atoms with van der Waals surface area (Å²) in [6.07, 6.45) is 0. The third-order valence-electron chi connectivity index (χ3n) is 2.80. The molecule has 0 bridgehead atoms. The number of carbonyl (C=O) groups excluding carboxylic acids is 2. The second-order valence-corrected chi connectivity index (χ2v) is 4.74. The molecule has 0 radical (unpaired) electrons. The monoisotopic (exact) mass is 321 g/mol. The summed E-state index contributed by atoms with van der Waals surface area (Å²) >= 11 is 5.84. The van der Waals surface area contributed by atoms with Crippen LogP contribution in [0.4, 0.5) is 20.6 Å². The fraction of sp³-hybridized carbons (Fsp3) is 0.0667. The molecule has 0 saturated heterocycles. The van der Waals surface area contributed by atoms with Crippen LogP contribution >= 0.6 is 11.6 Å². The molecule has 0 saturated carbocycles. The highest BCUT2D eigenvalue weighted by Crippen LogP contribution is 2.21. The number of benzene rings is 2. The molecule has 3 N–H and O–H groups in total. The third kappa shape index (κ3) is 3.73. The summed E-state index contributed by atoms with van der Waals surface area (Å²) in [5.41, 5.74) is 0.656. The van der Waals surface area contributed by atoms with Gasteiger partial charge in [0.1, 0.15) is 5.82 Å². The Labute approximate surface area is 131 Å². The summed E-state index contributed by atoms with van der Waals surface area (Å²) in [5.74, 6) is -1.37. The summed E-state index contributed by atoms with van der Waals surface area (Å²) in [4.78, 5) is 23.4. The van der Waals surface area contributed by atoms with E-state index in [1.807, 2.05) is 0 Å². The lowest BCUT2D eigenvalue weighted by Gasteiger charge is -2.10. The molecule has 0 aliphatic heterocycles. The zero-order chi connectivity index (χ0) is 16.1. The van der Waals surface area contributed by atoms with Gasteiger partial charge in [0.15, 0.2) is 0 Å². The number of nitrogens with one attached hydrogen (secondary N) is 3. The van der Waals surface area contributed by atoms with E-state index in [9.17, 15) is 14.0 Å². The molecule has 0 aliphatic rings. The number of anilines is 2. The van der Waals surface area contributed by atoms with Crippen molar-refractivity contribution in [3.63, 3.8) is 0 Å². The normalized spacial score (nSPS) is 9.95. The zero-order valence-corrected chi connectivity index (χ0v) is 12.4. The average Bonchev–Trinajstić information content (AvgIpc) is 2.47. The van der Waals surface area contributed by atoms with Crippen LogP contribution in [0.15, 0.2) is 42.5 Å². The third-order valence-corrected chi connectivity index (χ3v) is 3.11. The van der Waals surface area contributed by atoms with Crippen LogP contribution in [-0.4, -0.2) is 19.0 Å². The fourth-order valence-corrected chi connectivity index (χ4v) is 2.03. The first-order chi connectivity index (χ1) is 10.5. The van der Waals surface area contributed by atoms with Gasteiger partial charge in [0, 0.05) is 18.4 Å². The van der Waals surface area contributed by atoms with Gasteiger partial charge in [0.25, 0.3) is 5.91 Å². The van der Waals surface area contributed by atoms with Gasteiger partial charge in [-0.1, -0.05) is 23.7 Å². The van der Waals surface area contributed by atoms with Crippen molar-refractivity contribution >= 4 is 34.9 Å². The minimum atomic E-state index is -0.704. The molecule has 0 fully saturated rings. The number of halogens is 2. The summed E-state index contributed by atoms with van der Waals surface area (Å²) < 4.78 is 13.7. The number of amides is 3. The summed E-state index contributed by atoms with van der Waals surface area (Å²) in [6.45, 7) is 0. The lowest BCUT2D eigenvalue weighted by atomic mass is 10.2. The molecule has 22 heavy (non-hydrogen) atoms. The van der Waals surface area contributed by atoms with Crippen LogP contribution in [0.25, 0.3) is 0 Å². The van der Waals surface area contributed by atoms with E-state index in [1.54, 1.807) is 24.3 Å². The van der Waals surface area contributed by atoms with Gasteiger partial charge in [-0.05, 0) is 30.3 Å². The Morgan fingerprint density at radius 3 is 2.32 bits per heavy atom. The highest BCUT2D eigenvalue weighted by molar-refractivity contribution is 6.34. The molecule has 0 aliphatic carbocycles. The van der Waals surface area contributed by atoms with Gasteiger partial charge in [-0.15, -0.1) is 0 Å². The van der Waals surface area contributed by atoms with Crippen LogP contribution in [0, 0.1) is 5.82 Å². The number of carbonyl (C=O) groups is 2. The molecular formula is C15H13ClFN3O2. The number of hydrogen-bond acceptors (Lipinski definition) is 2. The average molecular weight is 322 g/mol. The number of hydrogen-bond donors (Lipinski definition) is 3. The summed E-state index contributed by atoms with van der Waals surface area (Å²) in [5, 5.41) is 7.54. The topological polar surface area (TPSA) is 70.2 Å². The lowest BCUT2D eigenvalue weighted by Crippen LogP contribution is -2.24. The van der Waals surface area contributed by atoms with Gasteiger partial charge in [-0.3, -0.25) is 4.79 Å². The minimum Gasteiger partial charge on any atom is -0.341 e. The first kappa shape index (κ1) is 15.8. The van der Waals surface area contributed by atoms with Crippen LogP contribution in [0.1, 0.15) is 10.4 Å². The van der Waals surface area contributed by atoms with Crippen molar-refractivity contribution in [1.29, 1.82) is 0 Å². The second-order valence-electron chi connectivity index (χ2n) is 4.34. The summed E-state index contributed by atoms with van der Waals surface area (Å²) in [7, 11) is 1.49. The Bertz CT molecular complexity index is 701. The maximum Gasteiger partial charge on any atom is 0.318 e. The molecule has 0 unspecified atom stereocenters. The van der Waals surface area contributed by atoms with Crippen LogP contribution in [0.5, 0.6) is 0 Å². The Balaban J connectivity index is 2.18. The smallest absolute Gasteiger partial charge is 0.318 e. The molecular weight excluding hydrogens is 309 g/mol. The standard InChI is InChI=1S/C15H13ClFN3O2/c1-18-15(22)20-10-5-2-4-9(8-10)19-14(21)13-11(16)6-3-7-12(13)17/h2-8H,1H3,(H,19,21)(H2,18,20,22). The molecule has 2 aromatic carbocycles. The Hall–Kier alpha value is -2.60. The largest absolute Gasteiger partial charge is 0.341 e. The summed E-state index contributed by atoms with van der Waals surface area (Å²) in [6, 6.07) is 10.1. The molecule has 0 spiro atoms. The van der Waals surface area contributed by atoms with Crippen molar-refractivity contribution < 1.29 is 14.0 Å². The van der Waals surface area contributed by atoms with Gasteiger partial charge < -0.3 is 16.0 Å². The fourth-order valence-electron chi connectivity index (χ4n) is 1.78. The predicted octanol–water partition coefficient (Wildman–Crippen LogP) is 3.48. The first-order valence-corrected chi connectivity index (χ1v) is 6.73. The lowest BCUT2D eigenvalue weighted by molar-refractivity contribution is 0.102. The van der Waals surface area contributed by atoms with Gasteiger partial charge in [-0.2, -0.15) is 0 Å². The van der Waals surface area contributed by atoms with Gasteiger partial charge in [-0.25, -0.2) is 9.18 Å². The van der Waals surface area contributed by atoms with E-state index in [4.69, 9.17) is 11.6 Å². The molecule has 0 aromatic heterocycles. The maximum atomic E-state index is 13.7. The van der Waals surface area contributed by atoms with Crippen molar-refractivity contribution in [2.75, 3.05) is 17.7 Å². The highest BCUT2D eigenvalue weighted by atomic mass is 35.5. The molecule has 2 rings (SSSR count). The first-order valence-electron chi connectivity index (χ1n) is 6.35. The predicted molar refractivity (Wildman–Crippen MR) is 83.9 cm³/mol. The van der Waals surface area contributed by atoms with Crippen LogP contribution in [-0.2, 0) is 0 Å². The van der Waals surface area contributed by atoms with Gasteiger partial charge in [0.05, 0.1) is 10.6 Å². The van der Waals surface area contributed by atoms with Gasteiger partial charge in [0.2, 0.25) is 0 Å². The van der Waals surface area contributed by atoms with Crippen LogP contribution in [0.2, 0.25) is 5.02 Å². The Morgan fingerprint density at radius 1 is 1.05 bits per heavy atom. The van der Waals surface area contributed by atoms with Crippen LogP contribution in [0.3, 0.4) is 0 Å². The molecule has 0 atom stereocenters. The SMILES string of the molecule is CNC(=O)Nc1cccc(NC(=O)c2c(F)cccc2Cl)c1. The molecule has 7 heteroatoms. The molecule has 0 heterocycles. The molecule has 3 amide bonds. The second kappa shape index (κ2) is 6.91. The Kier molecular flexibility index (Phi) is 4.95. The van der Waals surface area contributed by atoms with Crippen molar-refractivity contribution in [1.82, 2.24) is 5.32 Å². The molecule has 114 valence electrons. The van der Waals surface area contributed by atoms with E-state index in [-0.39, 0.29) is 16.6 Å². The van der Waals surface area contributed by atoms with E-state index in [1.165, 1.54) is 19.2 Å². The Morgan fingerprint density at radius 2 is 1.68 bits per heavy atom. The molecule has 2 aromatic rings. The van der Waals surface area contributed by atoms with Crippen molar-refractivity contribution in [3.8, 4) is 0 Å². The maximum absolute atomic E-state index is 13.7. The van der Waals surface area contributed by atoms with Gasteiger partial charge >= 0.3 is 6.03 Å². The van der Waals surface area contributed by atoms with E-state index >= 15 is 0 Å². The number of urea groups is 1. The quantitative estimate of drug-likeness (QED) is 0.810. The van der Waals surface area contributed by atoms with Crippen LogP contribution < -0.4 is 16.0 Å². The van der Waals surface area contributed by atoms with Crippen molar-refractivity contribution in [2.24, 2.45) is 0 Å². The van der Waals surface area contributed by atoms with E-state index in [0.29, 0.717) is 11.4 Å². The zero-order valence-electron chi connectivity index (χ0n) is 11.6. The highest BCUT2D eigenvalue weighted by Gasteiger charge is 2.16. The molecule has 5 nitrogen and oxygen atoms in total. The van der Waals surface area contributed by atoms with Crippen molar-refractivity contribution in [3.05, 3.63) is 58.9 Å².